The molecule has 2 atom stereocenters. The first-order valence-corrected chi connectivity index (χ1v) is 7.18. The van der Waals surface area contributed by atoms with E-state index in [0.29, 0.717) is 31.5 Å². The number of hydrogen-bond donors (Lipinski definition) is 2. The predicted octanol–water partition coefficient (Wildman–Crippen LogP) is 1.48. The molecule has 1 rings (SSSR count). The van der Waals surface area contributed by atoms with Crippen molar-refractivity contribution in [1.82, 2.24) is 10.2 Å². The Labute approximate surface area is 115 Å². The fraction of sp³-hybridized carbons (Fsp3) is 0.857. The smallest absolute Gasteiger partial charge is 0.303 e. The van der Waals surface area contributed by atoms with Crippen LogP contribution in [0.3, 0.4) is 0 Å². The Bertz CT molecular complexity index is 307. The zero-order chi connectivity index (χ0) is 14.3. The van der Waals surface area contributed by atoms with Gasteiger partial charge in [-0.25, -0.2) is 0 Å². The second-order valence-corrected chi connectivity index (χ2v) is 5.67. The summed E-state index contributed by atoms with van der Waals surface area (Å²) in [4.78, 5) is 24.2. The fourth-order valence-corrected chi connectivity index (χ4v) is 2.61. The van der Waals surface area contributed by atoms with Crippen molar-refractivity contribution in [2.75, 3.05) is 20.1 Å². The summed E-state index contributed by atoms with van der Waals surface area (Å²) in [5.41, 5.74) is 0. The van der Waals surface area contributed by atoms with Crippen LogP contribution in [0.5, 0.6) is 0 Å². The lowest BCUT2D eigenvalue weighted by Crippen LogP contribution is -2.45. The number of carboxylic acid groups (broad SMARTS) is 1. The average molecular weight is 270 g/mol. The van der Waals surface area contributed by atoms with Crippen LogP contribution >= 0.6 is 0 Å². The Hall–Kier alpha value is -1.10. The Balaban J connectivity index is 2.20. The minimum absolute atomic E-state index is 0.0524. The van der Waals surface area contributed by atoms with Gasteiger partial charge in [-0.3, -0.25) is 14.5 Å². The molecule has 0 aliphatic heterocycles. The van der Waals surface area contributed by atoms with Crippen molar-refractivity contribution in [3.63, 3.8) is 0 Å². The van der Waals surface area contributed by atoms with Crippen molar-refractivity contribution in [2.45, 2.75) is 51.5 Å². The molecule has 2 N–H and O–H groups in total. The molecule has 1 fully saturated rings. The highest BCUT2D eigenvalue weighted by Gasteiger charge is 2.22. The van der Waals surface area contributed by atoms with E-state index in [4.69, 9.17) is 5.11 Å². The van der Waals surface area contributed by atoms with Gasteiger partial charge in [0.05, 0.1) is 6.54 Å². The number of nitrogens with one attached hydrogen (secondary N) is 1. The van der Waals surface area contributed by atoms with E-state index in [9.17, 15) is 9.59 Å². The van der Waals surface area contributed by atoms with E-state index in [2.05, 4.69) is 12.2 Å². The van der Waals surface area contributed by atoms with Gasteiger partial charge in [0, 0.05) is 12.5 Å². The summed E-state index contributed by atoms with van der Waals surface area (Å²) in [7, 11) is 1.85. The summed E-state index contributed by atoms with van der Waals surface area (Å²) in [5, 5.41) is 11.7. The first-order valence-electron chi connectivity index (χ1n) is 7.18. The third kappa shape index (κ3) is 6.57. The van der Waals surface area contributed by atoms with Crippen molar-refractivity contribution < 1.29 is 14.7 Å². The van der Waals surface area contributed by atoms with Gasteiger partial charge >= 0.3 is 5.97 Å². The fourth-order valence-electron chi connectivity index (χ4n) is 2.61. The maximum absolute atomic E-state index is 11.9. The SMILES string of the molecule is CC1CCCCC1NC(=O)CN(C)CCCC(=O)O. The molecule has 19 heavy (non-hydrogen) atoms. The molecule has 0 radical (unpaired) electrons. The highest BCUT2D eigenvalue weighted by atomic mass is 16.4. The van der Waals surface area contributed by atoms with Crippen LogP contribution in [0.2, 0.25) is 0 Å². The first kappa shape index (κ1) is 16.0. The van der Waals surface area contributed by atoms with Crippen molar-refractivity contribution >= 4 is 11.9 Å². The van der Waals surface area contributed by atoms with Crippen LogP contribution in [-0.4, -0.2) is 48.1 Å². The summed E-state index contributed by atoms with van der Waals surface area (Å²) in [6.45, 7) is 3.18. The number of carboxylic acids is 1. The van der Waals surface area contributed by atoms with Gasteiger partial charge in [0.1, 0.15) is 0 Å². The van der Waals surface area contributed by atoms with Crippen molar-refractivity contribution in [1.29, 1.82) is 0 Å². The van der Waals surface area contributed by atoms with Crippen LogP contribution in [0, 0.1) is 5.92 Å². The van der Waals surface area contributed by atoms with E-state index >= 15 is 0 Å². The third-order valence-corrected chi connectivity index (χ3v) is 3.80. The number of aliphatic carboxylic acids is 1. The monoisotopic (exact) mass is 270 g/mol. The average Bonchev–Trinajstić information content (AvgIpc) is 2.31. The van der Waals surface area contributed by atoms with Gasteiger partial charge < -0.3 is 10.4 Å². The minimum Gasteiger partial charge on any atom is -0.481 e. The molecule has 110 valence electrons. The molecule has 1 saturated carbocycles. The zero-order valence-electron chi connectivity index (χ0n) is 12.0. The minimum atomic E-state index is -0.783. The molecular weight excluding hydrogens is 244 g/mol. The second kappa shape index (κ2) is 8.15. The van der Waals surface area contributed by atoms with E-state index in [1.54, 1.807) is 0 Å². The number of hydrogen-bond acceptors (Lipinski definition) is 3. The lowest BCUT2D eigenvalue weighted by atomic mass is 9.86. The van der Waals surface area contributed by atoms with E-state index in [0.717, 1.165) is 6.42 Å². The van der Waals surface area contributed by atoms with Gasteiger partial charge in [-0.2, -0.15) is 0 Å². The number of nitrogens with zero attached hydrogens (tertiary/aromatic N) is 1. The van der Waals surface area contributed by atoms with Crippen LogP contribution in [0.4, 0.5) is 0 Å². The van der Waals surface area contributed by atoms with Crippen molar-refractivity contribution in [2.24, 2.45) is 5.92 Å². The molecule has 5 nitrogen and oxygen atoms in total. The van der Waals surface area contributed by atoms with Crippen LogP contribution < -0.4 is 5.32 Å². The Morgan fingerprint density at radius 3 is 2.63 bits per heavy atom. The van der Waals surface area contributed by atoms with E-state index in [1.165, 1.54) is 19.3 Å². The Kier molecular flexibility index (Phi) is 6.84. The highest BCUT2D eigenvalue weighted by Crippen LogP contribution is 2.23. The molecule has 1 amide bonds. The maximum atomic E-state index is 11.9. The summed E-state index contributed by atoms with van der Waals surface area (Å²) in [6, 6.07) is 0.314. The molecular formula is C14H26N2O3. The normalized spacial score (nSPS) is 23.3. The predicted molar refractivity (Wildman–Crippen MR) is 73.9 cm³/mol. The van der Waals surface area contributed by atoms with Crippen molar-refractivity contribution in [3.05, 3.63) is 0 Å². The third-order valence-electron chi connectivity index (χ3n) is 3.80. The number of carbonyl (C=O) groups excluding carboxylic acids is 1. The molecule has 0 saturated heterocycles. The molecule has 0 bridgehead atoms. The molecule has 1 aliphatic rings. The van der Waals surface area contributed by atoms with Gasteiger partial charge in [-0.1, -0.05) is 19.8 Å². The van der Waals surface area contributed by atoms with E-state index in [-0.39, 0.29) is 12.3 Å². The molecule has 2 unspecified atom stereocenters. The standard InChI is InChI=1S/C14H26N2O3/c1-11-6-3-4-7-12(11)15-13(17)10-16(2)9-5-8-14(18)19/h11-12H,3-10H2,1-2H3,(H,15,17)(H,18,19). The van der Waals surface area contributed by atoms with E-state index < -0.39 is 5.97 Å². The molecule has 0 heterocycles. The number of carbonyl (C=O) groups is 2. The second-order valence-electron chi connectivity index (χ2n) is 5.67. The van der Waals surface area contributed by atoms with Gasteiger partial charge in [0.15, 0.2) is 0 Å². The highest BCUT2D eigenvalue weighted by molar-refractivity contribution is 5.78. The molecule has 0 aromatic rings. The number of likely N-dealkylation sites (N-methyl/N-ethyl adjacent to an activating group) is 1. The summed E-state index contributed by atoms with van der Waals surface area (Å²) < 4.78 is 0. The summed E-state index contributed by atoms with van der Waals surface area (Å²) >= 11 is 0. The largest absolute Gasteiger partial charge is 0.481 e. The maximum Gasteiger partial charge on any atom is 0.303 e. The van der Waals surface area contributed by atoms with Gasteiger partial charge in [0.25, 0.3) is 0 Å². The van der Waals surface area contributed by atoms with Crippen LogP contribution in [0.15, 0.2) is 0 Å². The molecule has 1 aliphatic carbocycles. The summed E-state index contributed by atoms with van der Waals surface area (Å²) in [6.07, 6.45) is 5.48. The molecule has 0 aromatic heterocycles. The lowest BCUT2D eigenvalue weighted by Gasteiger charge is -2.30. The van der Waals surface area contributed by atoms with E-state index in [1.807, 2.05) is 11.9 Å². The zero-order valence-corrected chi connectivity index (χ0v) is 12.0. The Morgan fingerprint density at radius 1 is 1.32 bits per heavy atom. The molecule has 0 aromatic carbocycles. The summed E-state index contributed by atoms with van der Waals surface area (Å²) in [5.74, 6) is -0.166. The van der Waals surface area contributed by atoms with Gasteiger partial charge in [-0.05, 0) is 38.8 Å². The van der Waals surface area contributed by atoms with Gasteiger partial charge in [0.2, 0.25) is 5.91 Å². The van der Waals surface area contributed by atoms with Gasteiger partial charge in [-0.15, -0.1) is 0 Å². The van der Waals surface area contributed by atoms with Crippen LogP contribution in [0.25, 0.3) is 0 Å². The number of amides is 1. The molecule has 0 spiro atoms. The Morgan fingerprint density at radius 2 is 2.00 bits per heavy atom. The lowest BCUT2D eigenvalue weighted by molar-refractivity contribution is -0.137. The first-order chi connectivity index (χ1) is 8.99. The quantitative estimate of drug-likeness (QED) is 0.735. The van der Waals surface area contributed by atoms with Crippen LogP contribution in [0.1, 0.15) is 45.4 Å². The molecule has 5 heteroatoms. The van der Waals surface area contributed by atoms with Crippen LogP contribution in [-0.2, 0) is 9.59 Å². The van der Waals surface area contributed by atoms with Crippen molar-refractivity contribution in [3.8, 4) is 0 Å². The topological polar surface area (TPSA) is 69.6 Å². The number of rotatable bonds is 7.